The van der Waals surface area contributed by atoms with E-state index in [0.717, 1.165) is 35.7 Å². The zero-order valence-corrected chi connectivity index (χ0v) is 17.1. The van der Waals surface area contributed by atoms with Gasteiger partial charge in [0, 0.05) is 55.4 Å². The van der Waals surface area contributed by atoms with Crippen molar-refractivity contribution in [2.45, 2.75) is 0 Å². The number of ether oxygens (including phenoxy) is 1. The van der Waals surface area contributed by atoms with Crippen LogP contribution in [0.5, 0.6) is 5.75 Å². The summed E-state index contributed by atoms with van der Waals surface area (Å²) in [5, 5.41) is 0. The van der Waals surface area contributed by atoms with Gasteiger partial charge in [-0.2, -0.15) is 0 Å². The Morgan fingerprint density at radius 1 is 0.900 bits per heavy atom. The van der Waals surface area contributed by atoms with Crippen LogP contribution in [0.4, 0.5) is 5.69 Å². The molecular formula is C25H25N3O2. The van der Waals surface area contributed by atoms with E-state index in [9.17, 15) is 4.79 Å². The van der Waals surface area contributed by atoms with Crippen molar-refractivity contribution in [2.75, 3.05) is 38.2 Å². The predicted molar refractivity (Wildman–Crippen MR) is 120 cm³/mol. The van der Waals surface area contributed by atoms with Crippen molar-refractivity contribution in [1.29, 1.82) is 0 Å². The zero-order chi connectivity index (χ0) is 20.8. The minimum Gasteiger partial charge on any atom is -0.496 e. The highest BCUT2D eigenvalue weighted by Crippen LogP contribution is 2.27. The lowest BCUT2D eigenvalue weighted by atomic mass is 10.0. The van der Waals surface area contributed by atoms with Gasteiger partial charge in [-0.25, -0.2) is 0 Å². The van der Waals surface area contributed by atoms with Crippen molar-refractivity contribution in [3.8, 4) is 5.75 Å². The maximum Gasteiger partial charge on any atom is 0.254 e. The number of carbonyl (C=O) groups is 1. The molecule has 1 fully saturated rings. The number of para-hydroxylation sites is 1. The molecule has 2 aromatic carbocycles. The van der Waals surface area contributed by atoms with Gasteiger partial charge in [0.25, 0.3) is 5.91 Å². The van der Waals surface area contributed by atoms with E-state index in [1.807, 2.05) is 77.7 Å². The first-order chi connectivity index (χ1) is 14.8. The molecule has 1 aliphatic rings. The van der Waals surface area contributed by atoms with Crippen LogP contribution in [0.1, 0.15) is 11.1 Å². The van der Waals surface area contributed by atoms with E-state index in [-0.39, 0.29) is 5.91 Å². The number of aromatic nitrogens is 1. The number of pyridine rings is 1. The molecule has 0 atom stereocenters. The van der Waals surface area contributed by atoms with E-state index in [1.54, 1.807) is 19.5 Å². The molecule has 152 valence electrons. The van der Waals surface area contributed by atoms with Crippen molar-refractivity contribution < 1.29 is 9.53 Å². The average molecular weight is 399 g/mol. The van der Waals surface area contributed by atoms with Crippen LogP contribution in [-0.4, -0.2) is 49.1 Å². The van der Waals surface area contributed by atoms with E-state index in [2.05, 4.69) is 9.88 Å². The summed E-state index contributed by atoms with van der Waals surface area (Å²) in [6, 6.07) is 21.6. The number of piperazine rings is 1. The zero-order valence-electron chi connectivity index (χ0n) is 17.1. The number of anilines is 1. The molecule has 0 spiro atoms. The summed E-state index contributed by atoms with van der Waals surface area (Å²) in [6.07, 6.45) is 5.54. The Morgan fingerprint density at radius 3 is 2.27 bits per heavy atom. The maximum absolute atomic E-state index is 13.5. The van der Waals surface area contributed by atoms with Gasteiger partial charge in [0.2, 0.25) is 0 Å². The summed E-state index contributed by atoms with van der Waals surface area (Å²) < 4.78 is 5.49. The Labute approximate surface area is 177 Å². The largest absolute Gasteiger partial charge is 0.496 e. The van der Waals surface area contributed by atoms with Crippen LogP contribution < -0.4 is 9.64 Å². The second kappa shape index (κ2) is 9.27. The highest BCUT2D eigenvalue weighted by atomic mass is 16.5. The molecule has 0 aliphatic carbocycles. The van der Waals surface area contributed by atoms with Gasteiger partial charge in [-0.05, 0) is 29.8 Å². The molecule has 1 aromatic heterocycles. The molecule has 0 N–H and O–H groups in total. The third-order valence-corrected chi connectivity index (χ3v) is 5.35. The van der Waals surface area contributed by atoms with Gasteiger partial charge in [0.05, 0.1) is 7.11 Å². The minimum atomic E-state index is 0.0430. The summed E-state index contributed by atoms with van der Waals surface area (Å²) >= 11 is 0. The Hall–Kier alpha value is -3.60. The van der Waals surface area contributed by atoms with Crippen LogP contribution in [0.3, 0.4) is 0 Å². The van der Waals surface area contributed by atoms with E-state index in [1.165, 1.54) is 0 Å². The highest BCUT2D eigenvalue weighted by molar-refractivity contribution is 6.24. The van der Waals surface area contributed by atoms with Crippen LogP contribution >= 0.6 is 0 Å². The Balaban J connectivity index is 1.59. The monoisotopic (exact) mass is 399 g/mol. The van der Waals surface area contributed by atoms with Crippen molar-refractivity contribution >= 4 is 23.2 Å². The molecule has 2 heterocycles. The lowest BCUT2D eigenvalue weighted by Crippen LogP contribution is -2.49. The smallest absolute Gasteiger partial charge is 0.254 e. The highest BCUT2D eigenvalue weighted by Gasteiger charge is 2.24. The lowest BCUT2D eigenvalue weighted by molar-refractivity contribution is -0.125. The summed E-state index contributed by atoms with van der Waals surface area (Å²) in [5.41, 5.74) is 3.62. The molecule has 1 saturated heterocycles. The van der Waals surface area contributed by atoms with E-state index in [0.29, 0.717) is 18.7 Å². The number of amides is 1. The predicted octanol–water partition coefficient (Wildman–Crippen LogP) is 3.98. The first kappa shape index (κ1) is 19.7. The Morgan fingerprint density at radius 2 is 1.57 bits per heavy atom. The molecule has 0 bridgehead atoms. The van der Waals surface area contributed by atoms with Crippen LogP contribution in [0.2, 0.25) is 0 Å². The maximum atomic E-state index is 13.5. The number of hydrogen-bond donors (Lipinski definition) is 0. The number of nitrogens with zero attached hydrogens (tertiary/aromatic N) is 3. The van der Waals surface area contributed by atoms with Crippen LogP contribution in [-0.2, 0) is 4.79 Å². The normalized spacial score (nSPS) is 14.5. The fraction of sp³-hybridized carbons (Fsp3) is 0.200. The van der Waals surface area contributed by atoms with Crippen molar-refractivity contribution in [3.05, 3.63) is 90.3 Å². The van der Waals surface area contributed by atoms with Crippen molar-refractivity contribution in [3.63, 3.8) is 0 Å². The molecular weight excluding hydrogens is 374 g/mol. The number of benzene rings is 2. The molecule has 5 nitrogen and oxygen atoms in total. The molecule has 5 heteroatoms. The summed E-state index contributed by atoms with van der Waals surface area (Å²) in [6.45, 7) is 2.95. The van der Waals surface area contributed by atoms with Gasteiger partial charge in [0.15, 0.2) is 0 Å². The van der Waals surface area contributed by atoms with Crippen molar-refractivity contribution in [1.82, 2.24) is 9.88 Å². The van der Waals surface area contributed by atoms with Crippen LogP contribution in [0, 0.1) is 0 Å². The fourth-order valence-electron chi connectivity index (χ4n) is 3.72. The number of methoxy groups -OCH3 is 1. The first-order valence-electron chi connectivity index (χ1n) is 10.1. The van der Waals surface area contributed by atoms with E-state index < -0.39 is 0 Å². The minimum absolute atomic E-state index is 0.0430. The Kier molecular flexibility index (Phi) is 6.09. The molecule has 30 heavy (non-hydrogen) atoms. The SMILES string of the molecule is COc1ccccc1/C=C(/C(=O)N1CCN(c2ccncc2)CC1)c1ccccc1. The third-order valence-electron chi connectivity index (χ3n) is 5.35. The fourth-order valence-corrected chi connectivity index (χ4v) is 3.72. The second-order valence-corrected chi connectivity index (χ2v) is 7.15. The van der Waals surface area contributed by atoms with Gasteiger partial charge >= 0.3 is 0 Å². The summed E-state index contributed by atoms with van der Waals surface area (Å²) in [4.78, 5) is 21.8. The summed E-state index contributed by atoms with van der Waals surface area (Å²) in [7, 11) is 1.65. The Bertz CT molecular complexity index is 1010. The standard InChI is InChI=1S/C25H25N3O2/c1-30-24-10-6-5-9-21(24)19-23(20-7-3-2-4-8-20)25(29)28-17-15-27(16-18-28)22-11-13-26-14-12-22/h2-14,19H,15-18H2,1H3/b23-19+. The third kappa shape index (κ3) is 4.35. The van der Waals surface area contributed by atoms with Crippen molar-refractivity contribution in [2.24, 2.45) is 0 Å². The number of carbonyl (C=O) groups excluding carboxylic acids is 1. The van der Waals surface area contributed by atoms with E-state index in [4.69, 9.17) is 4.74 Å². The second-order valence-electron chi connectivity index (χ2n) is 7.15. The molecule has 0 saturated carbocycles. The first-order valence-corrected chi connectivity index (χ1v) is 10.1. The van der Waals surface area contributed by atoms with Gasteiger partial charge in [0.1, 0.15) is 5.75 Å². The molecule has 1 amide bonds. The molecule has 0 radical (unpaired) electrons. The van der Waals surface area contributed by atoms with Crippen LogP contribution in [0.25, 0.3) is 11.6 Å². The quantitative estimate of drug-likeness (QED) is 0.481. The molecule has 4 rings (SSSR count). The molecule has 1 aliphatic heterocycles. The molecule has 3 aromatic rings. The lowest BCUT2D eigenvalue weighted by Gasteiger charge is -2.36. The van der Waals surface area contributed by atoms with E-state index >= 15 is 0 Å². The average Bonchev–Trinajstić information content (AvgIpc) is 2.83. The molecule has 0 unspecified atom stereocenters. The van der Waals surface area contributed by atoms with Crippen LogP contribution in [0.15, 0.2) is 79.1 Å². The van der Waals surface area contributed by atoms with Gasteiger partial charge < -0.3 is 14.5 Å². The summed E-state index contributed by atoms with van der Waals surface area (Å²) in [5.74, 6) is 0.794. The number of rotatable bonds is 5. The topological polar surface area (TPSA) is 45.7 Å². The van der Waals surface area contributed by atoms with Gasteiger partial charge in [-0.3, -0.25) is 9.78 Å². The van der Waals surface area contributed by atoms with Gasteiger partial charge in [-0.15, -0.1) is 0 Å². The number of hydrogen-bond acceptors (Lipinski definition) is 4. The van der Waals surface area contributed by atoms with Gasteiger partial charge in [-0.1, -0.05) is 48.5 Å².